The number of thioether (sulfide) groups is 1. The normalized spacial score (nSPS) is 27.1. The van der Waals surface area contributed by atoms with Crippen LogP contribution in [-0.4, -0.2) is 74.8 Å². The molecule has 2 aromatic rings. The Labute approximate surface area is 169 Å². The van der Waals surface area contributed by atoms with Crippen LogP contribution >= 0.6 is 11.8 Å². The zero-order chi connectivity index (χ0) is 19.1. The molecule has 1 aromatic carbocycles. The van der Waals surface area contributed by atoms with E-state index in [1.165, 1.54) is 11.1 Å². The molecular weight excluding hydrogens is 372 g/mol. The highest BCUT2D eigenvalue weighted by atomic mass is 32.2. The van der Waals surface area contributed by atoms with Gasteiger partial charge in [0.25, 0.3) is 5.91 Å². The molecule has 6 nitrogen and oxygen atoms in total. The highest BCUT2D eigenvalue weighted by Crippen LogP contribution is 2.53. The van der Waals surface area contributed by atoms with Crippen LogP contribution in [0.1, 0.15) is 40.4 Å². The second-order valence-corrected chi connectivity index (χ2v) is 9.29. The Morgan fingerprint density at radius 1 is 1.18 bits per heavy atom. The average molecular weight is 399 g/mol. The summed E-state index contributed by atoms with van der Waals surface area (Å²) in [7, 11) is 0. The summed E-state index contributed by atoms with van der Waals surface area (Å²) in [5.74, 6) is 2.28. The molecule has 2 aliphatic heterocycles. The van der Waals surface area contributed by atoms with Crippen molar-refractivity contribution in [3.8, 4) is 0 Å². The molecule has 2 fully saturated rings. The quantitative estimate of drug-likeness (QED) is 0.810. The highest BCUT2D eigenvalue weighted by Gasteiger charge is 2.54. The molecule has 2 N–H and O–H groups in total. The molecule has 3 aliphatic rings. The van der Waals surface area contributed by atoms with Crippen molar-refractivity contribution in [3.05, 3.63) is 53.3 Å². The number of aliphatic hydroxyl groups is 1. The van der Waals surface area contributed by atoms with E-state index in [-0.39, 0.29) is 17.4 Å². The molecule has 0 unspecified atom stereocenters. The molecule has 1 aromatic heterocycles. The van der Waals surface area contributed by atoms with Crippen molar-refractivity contribution < 1.29 is 9.90 Å². The van der Waals surface area contributed by atoms with Crippen LogP contribution in [0.15, 0.2) is 36.7 Å². The van der Waals surface area contributed by atoms with Crippen molar-refractivity contribution in [3.63, 3.8) is 0 Å². The van der Waals surface area contributed by atoms with E-state index in [0.717, 1.165) is 37.4 Å². The summed E-state index contributed by atoms with van der Waals surface area (Å²) in [6, 6.07) is 8.65. The number of nitrogens with zero attached hydrogens (tertiary/aromatic N) is 3. The summed E-state index contributed by atoms with van der Waals surface area (Å²) in [5, 5.41) is 18.2. The maximum absolute atomic E-state index is 12.7. The SMILES string of the molecule is O=C(c1cn[nH]c1)N1CCC2(CC1)c1ccccc1[C@@H](N1CCSCC1)[C@@H]2O. The molecule has 148 valence electrons. The summed E-state index contributed by atoms with van der Waals surface area (Å²) < 4.78 is 0. The number of rotatable bonds is 2. The fraction of sp³-hybridized carbons (Fsp3) is 0.524. The third kappa shape index (κ3) is 2.79. The van der Waals surface area contributed by atoms with E-state index >= 15 is 0 Å². The van der Waals surface area contributed by atoms with Crippen LogP contribution < -0.4 is 0 Å². The van der Waals surface area contributed by atoms with Gasteiger partial charge < -0.3 is 10.0 Å². The summed E-state index contributed by atoms with van der Waals surface area (Å²) in [6.45, 7) is 3.39. The molecule has 5 rings (SSSR count). The van der Waals surface area contributed by atoms with Gasteiger partial charge in [0.1, 0.15) is 0 Å². The Bertz CT molecular complexity index is 842. The van der Waals surface area contributed by atoms with Crippen LogP contribution in [0.25, 0.3) is 0 Å². The Hall–Kier alpha value is -1.83. The zero-order valence-electron chi connectivity index (χ0n) is 15.9. The summed E-state index contributed by atoms with van der Waals surface area (Å²) in [4.78, 5) is 17.1. The van der Waals surface area contributed by atoms with E-state index in [4.69, 9.17) is 0 Å². The van der Waals surface area contributed by atoms with Crippen molar-refractivity contribution in [2.45, 2.75) is 30.4 Å². The van der Waals surface area contributed by atoms with Gasteiger partial charge in [0.2, 0.25) is 0 Å². The summed E-state index contributed by atoms with van der Waals surface area (Å²) in [5.41, 5.74) is 2.93. The van der Waals surface area contributed by atoms with Crippen LogP contribution in [0.4, 0.5) is 0 Å². The van der Waals surface area contributed by atoms with Gasteiger partial charge in [-0.2, -0.15) is 16.9 Å². The Morgan fingerprint density at radius 2 is 1.93 bits per heavy atom. The fourth-order valence-electron chi connectivity index (χ4n) is 5.32. The number of H-pyrrole nitrogens is 1. The predicted molar refractivity (Wildman–Crippen MR) is 109 cm³/mol. The topological polar surface area (TPSA) is 72.5 Å². The minimum Gasteiger partial charge on any atom is -0.390 e. The van der Waals surface area contributed by atoms with E-state index in [1.807, 2.05) is 16.7 Å². The monoisotopic (exact) mass is 398 g/mol. The number of aromatic amines is 1. The lowest BCUT2D eigenvalue weighted by Crippen LogP contribution is -2.51. The van der Waals surface area contributed by atoms with Gasteiger partial charge in [-0.3, -0.25) is 14.8 Å². The first-order valence-corrected chi connectivity index (χ1v) is 11.2. The van der Waals surface area contributed by atoms with Gasteiger partial charge in [-0.05, 0) is 24.0 Å². The van der Waals surface area contributed by atoms with Crippen LogP contribution in [-0.2, 0) is 5.41 Å². The van der Waals surface area contributed by atoms with E-state index in [9.17, 15) is 9.90 Å². The molecule has 3 heterocycles. The maximum atomic E-state index is 12.7. The first-order chi connectivity index (χ1) is 13.7. The molecule has 2 atom stereocenters. The molecule has 1 aliphatic carbocycles. The first kappa shape index (κ1) is 18.2. The fourth-order valence-corrected chi connectivity index (χ4v) is 6.25. The van der Waals surface area contributed by atoms with Crippen molar-refractivity contribution in [2.75, 3.05) is 37.7 Å². The van der Waals surface area contributed by atoms with Crippen LogP contribution in [0.2, 0.25) is 0 Å². The average Bonchev–Trinajstić information content (AvgIpc) is 3.36. The number of fused-ring (bicyclic) bond motifs is 2. The number of piperidine rings is 1. The second kappa shape index (κ2) is 7.21. The number of hydrogen-bond donors (Lipinski definition) is 2. The molecule has 28 heavy (non-hydrogen) atoms. The lowest BCUT2D eigenvalue weighted by molar-refractivity contribution is -0.0113. The van der Waals surface area contributed by atoms with Gasteiger partial charge in [0.15, 0.2) is 0 Å². The van der Waals surface area contributed by atoms with Gasteiger partial charge in [0, 0.05) is 49.3 Å². The molecule has 1 spiro atoms. The molecule has 0 bridgehead atoms. The van der Waals surface area contributed by atoms with Crippen molar-refractivity contribution in [1.29, 1.82) is 0 Å². The predicted octanol–water partition coefficient (Wildman–Crippen LogP) is 2.05. The van der Waals surface area contributed by atoms with E-state index < -0.39 is 6.10 Å². The van der Waals surface area contributed by atoms with Crippen molar-refractivity contribution >= 4 is 17.7 Å². The largest absolute Gasteiger partial charge is 0.390 e. The van der Waals surface area contributed by atoms with E-state index in [1.54, 1.807) is 12.4 Å². The van der Waals surface area contributed by atoms with Gasteiger partial charge in [0.05, 0.1) is 23.9 Å². The zero-order valence-corrected chi connectivity index (χ0v) is 16.7. The number of benzene rings is 1. The maximum Gasteiger partial charge on any atom is 0.257 e. The minimum atomic E-state index is -0.417. The highest BCUT2D eigenvalue weighted by molar-refractivity contribution is 7.99. The third-order valence-corrected chi connectivity index (χ3v) is 7.75. The van der Waals surface area contributed by atoms with Crippen LogP contribution in [0, 0.1) is 0 Å². The summed E-state index contributed by atoms with van der Waals surface area (Å²) >= 11 is 1.99. The lowest BCUT2D eigenvalue weighted by atomic mass is 9.72. The molecule has 0 radical (unpaired) electrons. The number of likely N-dealkylation sites (tertiary alicyclic amines) is 1. The van der Waals surface area contributed by atoms with Crippen LogP contribution in [0.5, 0.6) is 0 Å². The number of carbonyl (C=O) groups excluding carboxylic acids is 1. The Morgan fingerprint density at radius 3 is 2.64 bits per heavy atom. The van der Waals surface area contributed by atoms with Gasteiger partial charge >= 0.3 is 0 Å². The van der Waals surface area contributed by atoms with Crippen molar-refractivity contribution in [1.82, 2.24) is 20.0 Å². The molecule has 1 amide bonds. The number of hydrogen-bond acceptors (Lipinski definition) is 5. The van der Waals surface area contributed by atoms with Gasteiger partial charge in [-0.1, -0.05) is 24.3 Å². The molecule has 7 heteroatoms. The third-order valence-electron chi connectivity index (χ3n) is 6.81. The number of amides is 1. The number of nitrogens with one attached hydrogen (secondary N) is 1. The standard InChI is InChI=1S/C21H26N4O2S/c26-19-18(24-9-11-28-12-10-24)16-3-1-2-4-17(16)21(19)5-7-25(8-6-21)20(27)15-13-22-23-14-15/h1-4,13-14,18-19,26H,5-12H2,(H,22,23)/t18-,19+/m1/s1. The molecule has 2 saturated heterocycles. The van der Waals surface area contributed by atoms with E-state index in [0.29, 0.717) is 18.7 Å². The smallest absolute Gasteiger partial charge is 0.257 e. The number of carbonyl (C=O) groups is 1. The van der Waals surface area contributed by atoms with Gasteiger partial charge in [-0.15, -0.1) is 0 Å². The Balaban J connectivity index is 1.41. The second-order valence-electron chi connectivity index (χ2n) is 8.06. The Kier molecular flexibility index (Phi) is 4.69. The number of aromatic nitrogens is 2. The van der Waals surface area contributed by atoms with Gasteiger partial charge in [-0.25, -0.2) is 0 Å². The minimum absolute atomic E-state index is 0.0222. The van der Waals surface area contributed by atoms with Crippen LogP contribution in [0.3, 0.4) is 0 Å². The summed E-state index contributed by atoms with van der Waals surface area (Å²) in [6.07, 6.45) is 4.41. The lowest BCUT2D eigenvalue weighted by Gasteiger charge is -2.44. The van der Waals surface area contributed by atoms with Crippen molar-refractivity contribution in [2.24, 2.45) is 0 Å². The van der Waals surface area contributed by atoms with E-state index in [2.05, 4.69) is 39.4 Å². The molecular formula is C21H26N4O2S. The number of aliphatic hydroxyl groups excluding tert-OH is 1. The first-order valence-electron chi connectivity index (χ1n) is 10.1. The molecule has 0 saturated carbocycles.